The Hall–Kier alpha value is -2.94. The van der Waals surface area contributed by atoms with Crippen molar-refractivity contribution in [2.75, 3.05) is 6.61 Å². The predicted octanol–water partition coefficient (Wildman–Crippen LogP) is 14.0. The van der Waals surface area contributed by atoms with Crippen molar-refractivity contribution in [3.05, 3.63) is 142 Å². The quantitative estimate of drug-likeness (QED) is 0.222. The molecular weight excluding hydrogens is 717 g/mol. The van der Waals surface area contributed by atoms with E-state index in [9.17, 15) is 0 Å². The summed E-state index contributed by atoms with van der Waals surface area (Å²) in [6, 6.07) is 1.24. The van der Waals surface area contributed by atoms with Crippen LogP contribution < -0.4 is 0 Å². The monoisotopic (exact) mass is 785 g/mol. The van der Waals surface area contributed by atoms with E-state index < -0.39 is 8.32 Å². The van der Waals surface area contributed by atoms with Gasteiger partial charge in [0, 0.05) is 0 Å². The van der Waals surface area contributed by atoms with Gasteiger partial charge in [0.25, 0.3) is 0 Å². The Morgan fingerprint density at radius 2 is 1.29 bits per heavy atom. The molecule has 13 rings (SSSR count). The van der Waals surface area contributed by atoms with Crippen molar-refractivity contribution in [2.24, 2.45) is 88.8 Å². The minimum Gasteiger partial charge on any atom is -0.412 e. The van der Waals surface area contributed by atoms with Gasteiger partial charge in [-0.1, -0.05) is 136 Å². The van der Waals surface area contributed by atoms with E-state index in [0.29, 0.717) is 88.8 Å². The van der Waals surface area contributed by atoms with E-state index in [1.54, 1.807) is 22.3 Å². The van der Waals surface area contributed by atoms with E-state index in [1.165, 1.54) is 80.6 Å². The maximum absolute atomic E-state index is 7.44. The molecule has 0 N–H and O–H groups in total. The fraction of sp³-hybridized carbons (Fsp3) is 0.571. The maximum Gasteiger partial charge on any atom is 0.195 e. The summed E-state index contributed by atoms with van der Waals surface area (Å²) >= 11 is 0. The molecule has 16 atom stereocenters. The van der Waals surface area contributed by atoms with E-state index in [2.05, 4.69) is 131 Å². The zero-order valence-electron chi connectivity index (χ0n) is 36.1. The van der Waals surface area contributed by atoms with Gasteiger partial charge in [-0.05, 0) is 198 Å². The van der Waals surface area contributed by atoms with Gasteiger partial charge in [0.15, 0.2) is 8.32 Å². The second-order valence-electron chi connectivity index (χ2n) is 22.6. The van der Waals surface area contributed by atoms with Crippen LogP contribution in [0, 0.1) is 88.8 Å². The number of fused-ring (bicyclic) bond motifs is 10. The van der Waals surface area contributed by atoms with E-state index in [-0.39, 0.29) is 5.04 Å². The van der Waals surface area contributed by atoms with Crippen LogP contribution in [0.4, 0.5) is 0 Å². The molecule has 0 spiro atoms. The summed E-state index contributed by atoms with van der Waals surface area (Å²) in [6.07, 6.45) is 54.6. The SMILES string of the molecule is CC1C2C=C3C=CC2C2C(=CC=CC12)CC1C2C=C(C=CC2C2C=C4CCCC4=CC21)C1=CC2C(C=C1)C1C4=C(C=CC1C2CC[Si](C)(C(C)(C)C)OC3)CCCC4. The summed E-state index contributed by atoms with van der Waals surface area (Å²) < 4.78 is 7.44. The first-order valence-electron chi connectivity index (χ1n) is 24.2. The zero-order valence-corrected chi connectivity index (χ0v) is 37.1. The molecule has 2 heteroatoms. The van der Waals surface area contributed by atoms with Gasteiger partial charge in [0.05, 0.1) is 6.61 Å². The molecular formula is C56H68OSi. The summed E-state index contributed by atoms with van der Waals surface area (Å²) in [5, 5.41) is 0.172. The van der Waals surface area contributed by atoms with Crippen LogP contribution in [0.3, 0.4) is 0 Å². The Bertz CT molecular complexity index is 2160. The molecule has 4 saturated carbocycles. The fourth-order valence-electron chi connectivity index (χ4n) is 15.8. The highest BCUT2D eigenvalue weighted by atomic mass is 28.4. The van der Waals surface area contributed by atoms with E-state index >= 15 is 0 Å². The van der Waals surface area contributed by atoms with Crippen LogP contribution in [-0.4, -0.2) is 14.9 Å². The summed E-state index contributed by atoms with van der Waals surface area (Å²) in [5.41, 5.74) is 13.2. The van der Waals surface area contributed by atoms with Crippen LogP contribution >= 0.6 is 0 Å². The zero-order chi connectivity index (χ0) is 39.1. The van der Waals surface area contributed by atoms with E-state index in [0.717, 1.165) is 6.61 Å². The van der Waals surface area contributed by atoms with Crippen molar-refractivity contribution in [2.45, 2.75) is 103 Å². The molecule has 4 fully saturated rings. The highest BCUT2D eigenvalue weighted by Gasteiger charge is 2.55. The van der Waals surface area contributed by atoms with Gasteiger partial charge in [-0.2, -0.15) is 0 Å². The molecule has 2 heterocycles. The van der Waals surface area contributed by atoms with Gasteiger partial charge in [0.1, 0.15) is 0 Å². The topological polar surface area (TPSA) is 9.23 Å². The van der Waals surface area contributed by atoms with Crippen LogP contribution in [-0.2, 0) is 4.43 Å². The van der Waals surface area contributed by atoms with Gasteiger partial charge in [-0.15, -0.1) is 0 Å². The predicted molar refractivity (Wildman–Crippen MR) is 243 cm³/mol. The van der Waals surface area contributed by atoms with E-state index in [4.69, 9.17) is 4.43 Å². The third-order valence-electron chi connectivity index (χ3n) is 19.3. The van der Waals surface area contributed by atoms with Gasteiger partial charge in [0.2, 0.25) is 0 Å². The minimum absolute atomic E-state index is 0.172. The largest absolute Gasteiger partial charge is 0.412 e. The molecule has 1 nitrogen and oxygen atoms in total. The lowest BCUT2D eigenvalue weighted by Crippen LogP contribution is -2.45. The van der Waals surface area contributed by atoms with Crippen molar-refractivity contribution >= 4 is 8.32 Å². The number of rotatable bonds is 0. The average Bonchev–Trinajstić information content (AvgIpc) is 3.98. The molecule has 58 heavy (non-hydrogen) atoms. The van der Waals surface area contributed by atoms with Gasteiger partial charge in [-0.3, -0.25) is 0 Å². The maximum atomic E-state index is 7.44. The van der Waals surface area contributed by atoms with E-state index in [1.807, 2.05) is 5.57 Å². The molecule has 0 radical (unpaired) electrons. The molecule has 0 aromatic rings. The van der Waals surface area contributed by atoms with Gasteiger partial charge < -0.3 is 4.43 Å². The lowest BCUT2D eigenvalue weighted by Gasteiger charge is -2.41. The third-order valence-corrected chi connectivity index (χ3v) is 24.5. The van der Waals surface area contributed by atoms with Crippen LogP contribution in [0.5, 0.6) is 0 Å². The smallest absolute Gasteiger partial charge is 0.195 e. The highest BCUT2D eigenvalue weighted by molar-refractivity contribution is 6.75. The molecule has 11 aliphatic carbocycles. The lowest BCUT2D eigenvalue weighted by atomic mass is 9.70. The first-order chi connectivity index (χ1) is 28.1. The minimum atomic E-state index is -2.13. The fourth-order valence-corrected chi connectivity index (χ4v) is 18.5. The Kier molecular flexibility index (Phi) is 8.60. The second kappa shape index (κ2) is 13.5. The van der Waals surface area contributed by atoms with Crippen molar-refractivity contribution in [1.82, 2.24) is 0 Å². The van der Waals surface area contributed by atoms with Gasteiger partial charge >= 0.3 is 0 Å². The van der Waals surface area contributed by atoms with Gasteiger partial charge in [-0.25, -0.2) is 0 Å². The molecule has 0 aromatic carbocycles. The molecule has 2 aliphatic heterocycles. The number of hydrogen-bond donors (Lipinski definition) is 0. The standard InChI is InChI=1S/C56H68OSi/c1-33-41-15-9-13-40-31-53-51-30-38(18-21-43(51)50-27-36-11-8-12-37(36)28-52(50)53)39-19-23-47-49(29-39)44(45-22-17-35-10-6-7-14-42(35)55(45)47)24-25-58(5,56(2,3)4)57-32-34-16-20-46(54(40)41)48(33)26-34/h9,13,15-23,26-30,33,41,43-55H,6-8,10-12,14,24-25,31-32H2,1-5H3. The van der Waals surface area contributed by atoms with Crippen molar-refractivity contribution < 1.29 is 4.43 Å². The highest BCUT2D eigenvalue weighted by Crippen LogP contribution is 2.62. The number of allylic oxidation sites excluding steroid dienone is 22. The molecule has 8 bridgehead atoms. The summed E-state index contributed by atoms with van der Waals surface area (Å²) in [7, 11) is -2.13. The average molecular weight is 785 g/mol. The van der Waals surface area contributed by atoms with Crippen molar-refractivity contribution in [1.29, 1.82) is 0 Å². The molecule has 0 saturated heterocycles. The first kappa shape index (κ1) is 36.9. The van der Waals surface area contributed by atoms with Crippen molar-refractivity contribution in [3.8, 4) is 0 Å². The molecule has 13 aliphatic rings. The Labute approximate surface area is 351 Å². The Balaban J connectivity index is 0.977. The molecule has 16 unspecified atom stereocenters. The first-order valence-corrected chi connectivity index (χ1v) is 26.8. The summed E-state index contributed by atoms with van der Waals surface area (Å²) in [5.74, 6) is 9.40. The normalized spacial score (nSPS) is 46.7. The molecule has 0 amide bonds. The van der Waals surface area contributed by atoms with Crippen LogP contribution in [0.15, 0.2) is 142 Å². The Morgan fingerprint density at radius 3 is 2.10 bits per heavy atom. The third kappa shape index (κ3) is 5.54. The second-order valence-corrected chi connectivity index (χ2v) is 27.3. The van der Waals surface area contributed by atoms with Crippen LogP contribution in [0.2, 0.25) is 17.6 Å². The lowest BCUT2D eigenvalue weighted by molar-refractivity contribution is 0.296. The molecule has 0 aromatic heterocycles. The van der Waals surface area contributed by atoms with Crippen molar-refractivity contribution in [3.63, 3.8) is 0 Å². The summed E-state index contributed by atoms with van der Waals surface area (Å²) in [6.45, 7) is 13.4. The molecule has 302 valence electrons. The van der Waals surface area contributed by atoms with Crippen LogP contribution in [0.1, 0.15) is 85.5 Å². The Morgan fingerprint density at radius 1 is 0.603 bits per heavy atom. The number of hydrogen-bond acceptors (Lipinski definition) is 1. The van der Waals surface area contributed by atoms with Crippen LogP contribution in [0.25, 0.3) is 0 Å². The summed E-state index contributed by atoms with van der Waals surface area (Å²) in [4.78, 5) is 0.